The van der Waals surface area contributed by atoms with Crippen molar-refractivity contribution in [1.29, 1.82) is 0 Å². The zero-order chi connectivity index (χ0) is 25.2. The van der Waals surface area contributed by atoms with Crippen LogP contribution in [0.3, 0.4) is 0 Å². The molecule has 1 aliphatic heterocycles. The van der Waals surface area contributed by atoms with E-state index in [0.29, 0.717) is 19.6 Å². The maximum atomic E-state index is 13.2. The highest BCUT2D eigenvalue weighted by molar-refractivity contribution is 5.82. The van der Waals surface area contributed by atoms with Crippen LogP contribution in [0.1, 0.15) is 61.0 Å². The summed E-state index contributed by atoms with van der Waals surface area (Å²) in [6.45, 7) is 10.8. The average Bonchev–Trinajstić information content (AvgIpc) is 3.60. The van der Waals surface area contributed by atoms with Crippen molar-refractivity contribution in [3.63, 3.8) is 0 Å². The van der Waals surface area contributed by atoms with Crippen LogP contribution in [0.5, 0.6) is 0 Å². The summed E-state index contributed by atoms with van der Waals surface area (Å²) in [5, 5.41) is 13.8. The number of fused-ring (bicyclic) bond motifs is 1. The van der Waals surface area contributed by atoms with Crippen LogP contribution in [0, 0.1) is 19.8 Å². The Labute approximate surface area is 210 Å². The van der Waals surface area contributed by atoms with Crippen LogP contribution in [-0.4, -0.2) is 49.3 Å². The van der Waals surface area contributed by atoms with Gasteiger partial charge in [0, 0.05) is 25.3 Å². The first kappa shape index (κ1) is 24.4. The van der Waals surface area contributed by atoms with Gasteiger partial charge in [-0.3, -0.25) is 9.69 Å². The fourth-order valence-corrected chi connectivity index (χ4v) is 5.36. The Kier molecular flexibility index (Phi) is 7.02. The van der Waals surface area contributed by atoms with Gasteiger partial charge >= 0.3 is 0 Å². The molecule has 190 valence electrons. The lowest BCUT2D eigenvalue weighted by Gasteiger charge is -2.35. The molecule has 5 rings (SSSR count). The highest BCUT2D eigenvalue weighted by Gasteiger charge is 2.32. The van der Waals surface area contributed by atoms with Crippen LogP contribution in [-0.2, 0) is 17.8 Å². The maximum Gasteiger partial charge on any atom is 0.252 e. The van der Waals surface area contributed by atoms with Gasteiger partial charge in [-0.05, 0) is 78.2 Å². The number of pyridine rings is 1. The van der Waals surface area contributed by atoms with E-state index < -0.39 is 0 Å². The van der Waals surface area contributed by atoms with Crippen molar-refractivity contribution < 1.29 is 9.15 Å². The number of aryl methyl sites for hydroxylation is 2. The van der Waals surface area contributed by atoms with Gasteiger partial charge in [-0.2, -0.15) is 0 Å². The summed E-state index contributed by atoms with van der Waals surface area (Å²) in [4.78, 5) is 18.7. The van der Waals surface area contributed by atoms with Crippen LogP contribution >= 0.6 is 0 Å². The van der Waals surface area contributed by atoms with E-state index in [1.165, 1.54) is 5.56 Å². The second kappa shape index (κ2) is 10.4. The van der Waals surface area contributed by atoms with Crippen molar-refractivity contribution in [3.8, 4) is 0 Å². The van der Waals surface area contributed by atoms with E-state index in [4.69, 9.17) is 9.15 Å². The van der Waals surface area contributed by atoms with E-state index in [9.17, 15) is 4.79 Å². The molecule has 1 saturated heterocycles. The summed E-state index contributed by atoms with van der Waals surface area (Å²) in [5.41, 5.74) is 3.79. The van der Waals surface area contributed by atoms with Crippen LogP contribution in [0.25, 0.3) is 10.9 Å². The number of rotatable bonds is 9. The van der Waals surface area contributed by atoms with Crippen LogP contribution in [0.15, 0.2) is 45.8 Å². The molecular formula is C27H34N6O3. The zero-order valence-corrected chi connectivity index (χ0v) is 21.4. The number of nitrogens with one attached hydrogen (secondary N) is 1. The molecule has 0 aliphatic carbocycles. The average molecular weight is 491 g/mol. The van der Waals surface area contributed by atoms with E-state index in [1.54, 1.807) is 10.9 Å². The summed E-state index contributed by atoms with van der Waals surface area (Å²) in [6, 6.07) is 9.90. The molecule has 0 saturated carbocycles. The highest BCUT2D eigenvalue weighted by atomic mass is 16.5. The summed E-state index contributed by atoms with van der Waals surface area (Å²) >= 11 is 0. The molecule has 1 N–H and O–H groups in total. The number of nitrogens with zero attached hydrogens (tertiary/aromatic N) is 5. The number of benzene rings is 1. The molecule has 0 unspecified atom stereocenters. The molecule has 2 atom stereocenters. The van der Waals surface area contributed by atoms with Crippen molar-refractivity contribution in [1.82, 2.24) is 30.1 Å². The van der Waals surface area contributed by atoms with E-state index in [-0.39, 0.29) is 23.6 Å². The van der Waals surface area contributed by atoms with Gasteiger partial charge in [0.1, 0.15) is 12.3 Å². The quantitative estimate of drug-likeness (QED) is 0.376. The van der Waals surface area contributed by atoms with Gasteiger partial charge < -0.3 is 14.1 Å². The number of hydrogen-bond donors (Lipinski definition) is 1. The van der Waals surface area contributed by atoms with E-state index in [2.05, 4.69) is 58.3 Å². The Morgan fingerprint density at radius 3 is 2.83 bits per heavy atom. The van der Waals surface area contributed by atoms with Gasteiger partial charge in [-0.25, -0.2) is 4.68 Å². The first-order valence-electron chi connectivity index (χ1n) is 12.7. The van der Waals surface area contributed by atoms with Crippen molar-refractivity contribution in [2.75, 3.05) is 13.2 Å². The Morgan fingerprint density at radius 2 is 2.11 bits per heavy atom. The maximum absolute atomic E-state index is 13.2. The molecule has 1 fully saturated rings. The van der Waals surface area contributed by atoms with Crippen molar-refractivity contribution in [3.05, 3.63) is 75.2 Å². The third kappa shape index (κ3) is 5.12. The molecule has 9 nitrogen and oxygen atoms in total. The molecule has 9 heteroatoms. The predicted molar refractivity (Wildman–Crippen MR) is 137 cm³/mol. The molecule has 0 radical (unpaired) electrons. The van der Waals surface area contributed by atoms with Gasteiger partial charge in [0.25, 0.3) is 5.56 Å². The van der Waals surface area contributed by atoms with Crippen molar-refractivity contribution >= 4 is 10.9 Å². The normalized spacial score (nSPS) is 17.0. The van der Waals surface area contributed by atoms with Gasteiger partial charge in [-0.1, -0.05) is 25.5 Å². The van der Waals surface area contributed by atoms with E-state index >= 15 is 0 Å². The summed E-state index contributed by atoms with van der Waals surface area (Å²) in [5.74, 6) is 1.73. The van der Waals surface area contributed by atoms with E-state index in [1.807, 2.05) is 25.1 Å². The third-order valence-electron chi connectivity index (χ3n) is 6.94. The molecule has 4 aromatic rings. The van der Waals surface area contributed by atoms with Crippen LogP contribution in [0.2, 0.25) is 0 Å². The molecule has 3 aromatic heterocycles. The molecular weight excluding hydrogens is 456 g/mol. The topological polar surface area (TPSA) is 102 Å². The first-order valence-corrected chi connectivity index (χ1v) is 12.7. The van der Waals surface area contributed by atoms with Gasteiger partial charge in [0.15, 0.2) is 5.82 Å². The van der Waals surface area contributed by atoms with Crippen molar-refractivity contribution in [2.24, 2.45) is 5.92 Å². The lowest BCUT2D eigenvalue weighted by atomic mass is 9.99. The van der Waals surface area contributed by atoms with Gasteiger partial charge in [0.2, 0.25) is 0 Å². The Morgan fingerprint density at radius 1 is 1.25 bits per heavy atom. The summed E-state index contributed by atoms with van der Waals surface area (Å²) < 4.78 is 13.4. The van der Waals surface area contributed by atoms with Gasteiger partial charge in [0.05, 0.1) is 23.9 Å². The molecule has 0 spiro atoms. The SMILES string of the molecule is Cc1cc(C)c2[nH]c(=O)c(CN(C[C@@H]3CCCO3)[C@@H](c3nnnn3Cc3ccco3)C(C)C)cc2c1. The van der Waals surface area contributed by atoms with E-state index in [0.717, 1.165) is 53.1 Å². The first-order chi connectivity index (χ1) is 17.4. The minimum atomic E-state index is -0.117. The molecule has 4 heterocycles. The fourth-order valence-electron chi connectivity index (χ4n) is 5.36. The standard InChI is InChI=1S/C27H34N6O3/c1-17(2)25(26-29-30-31-33(26)16-23-8-6-10-36-23)32(15-22-7-5-9-35-22)14-21-13-20-12-18(3)11-19(4)24(20)28-27(21)34/h6,8,10-13,17,22,25H,5,7,9,14-16H2,1-4H3,(H,28,34)/t22-,25+/m0/s1. The number of H-pyrrole nitrogens is 1. The second-order valence-corrected chi connectivity index (χ2v) is 10.2. The third-order valence-corrected chi connectivity index (χ3v) is 6.94. The Bertz CT molecular complexity index is 1370. The van der Waals surface area contributed by atoms with Crippen LogP contribution in [0.4, 0.5) is 0 Å². The minimum absolute atomic E-state index is 0.0653. The largest absolute Gasteiger partial charge is 0.467 e. The smallest absolute Gasteiger partial charge is 0.252 e. The lowest BCUT2D eigenvalue weighted by molar-refractivity contribution is 0.0384. The Hall–Kier alpha value is -3.30. The highest BCUT2D eigenvalue weighted by Crippen LogP contribution is 2.31. The Balaban J connectivity index is 1.53. The number of furan rings is 1. The molecule has 0 bridgehead atoms. The summed E-state index contributed by atoms with van der Waals surface area (Å²) in [7, 11) is 0. The minimum Gasteiger partial charge on any atom is -0.467 e. The second-order valence-electron chi connectivity index (χ2n) is 10.2. The molecule has 36 heavy (non-hydrogen) atoms. The van der Waals surface area contributed by atoms with Crippen molar-refractivity contribution in [2.45, 2.75) is 65.8 Å². The lowest BCUT2D eigenvalue weighted by Crippen LogP contribution is -2.40. The summed E-state index contributed by atoms with van der Waals surface area (Å²) in [6.07, 6.45) is 3.82. The number of tetrazole rings is 1. The molecule has 1 aromatic carbocycles. The zero-order valence-electron chi connectivity index (χ0n) is 21.4. The van der Waals surface area contributed by atoms with Crippen LogP contribution < -0.4 is 5.56 Å². The number of hydrogen-bond acceptors (Lipinski definition) is 7. The molecule has 0 amide bonds. The number of aromatic nitrogens is 5. The predicted octanol–water partition coefficient (Wildman–Crippen LogP) is 4.15. The fraction of sp³-hybridized carbons (Fsp3) is 0.481. The number of ether oxygens (including phenoxy) is 1. The number of aromatic amines is 1. The molecule has 1 aliphatic rings. The van der Waals surface area contributed by atoms with Gasteiger partial charge in [-0.15, -0.1) is 5.10 Å². The monoisotopic (exact) mass is 490 g/mol.